The highest BCUT2D eigenvalue weighted by Gasteiger charge is 2.31. The van der Waals surface area contributed by atoms with Gasteiger partial charge in [-0.3, -0.25) is 9.52 Å². The molecule has 0 heterocycles. The maximum atomic E-state index is 13.6. The van der Waals surface area contributed by atoms with Crippen LogP contribution in [0.3, 0.4) is 0 Å². The Morgan fingerprint density at radius 1 is 0.914 bits per heavy atom. The van der Waals surface area contributed by atoms with Gasteiger partial charge in [0.2, 0.25) is 5.91 Å². The number of nitrogens with one attached hydrogen (secondary N) is 1. The standard InChI is InChI=1S/C28H35N3O3S/c1-21(22-13-9-7-10-14-22)31(27(32)28(2,3)4)20-23-19-24(17-18-26(23)30(5)6)29-35(33,34)25-15-11-8-12-16-25/h7-19,21,29H,20H2,1-6H3. The van der Waals surface area contributed by atoms with Gasteiger partial charge in [-0.2, -0.15) is 0 Å². The molecule has 0 aliphatic heterocycles. The second kappa shape index (κ2) is 10.5. The summed E-state index contributed by atoms with van der Waals surface area (Å²) in [6.07, 6.45) is 0. The molecule has 186 valence electrons. The van der Waals surface area contributed by atoms with Gasteiger partial charge in [0.15, 0.2) is 0 Å². The number of benzene rings is 3. The molecule has 0 saturated carbocycles. The zero-order valence-electron chi connectivity index (χ0n) is 21.3. The number of amides is 1. The molecule has 35 heavy (non-hydrogen) atoms. The van der Waals surface area contributed by atoms with Crippen molar-refractivity contribution in [2.45, 2.75) is 45.2 Å². The third-order valence-electron chi connectivity index (χ3n) is 5.86. The second-order valence-electron chi connectivity index (χ2n) is 9.93. The molecular formula is C28H35N3O3S. The first-order valence-corrected chi connectivity index (χ1v) is 13.1. The molecule has 0 spiro atoms. The third kappa shape index (κ3) is 6.42. The predicted octanol–water partition coefficient (Wildman–Crippen LogP) is 5.69. The first-order chi connectivity index (χ1) is 16.4. The van der Waals surface area contributed by atoms with E-state index in [0.29, 0.717) is 12.2 Å². The highest BCUT2D eigenvalue weighted by Crippen LogP contribution is 2.32. The zero-order valence-corrected chi connectivity index (χ0v) is 22.1. The van der Waals surface area contributed by atoms with Crippen molar-refractivity contribution in [2.24, 2.45) is 5.41 Å². The van der Waals surface area contributed by atoms with Crippen LogP contribution in [0.5, 0.6) is 0 Å². The molecule has 1 amide bonds. The fourth-order valence-corrected chi connectivity index (χ4v) is 5.01. The number of carbonyl (C=O) groups is 1. The first-order valence-electron chi connectivity index (χ1n) is 11.6. The van der Waals surface area contributed by atoms with Crippen LogP contribution in [-0.2, 0) is 21.4 Å². The van der Waals surface area contributed by atoms with Crippen molar-refractivity contribution in [3.8, 4) is 0 Å². The van der Waals surface area contributed by atoms with E-state index in [-0.39, 0.29) is 16.8 Å². The second-order valence-corrected chi connectivity index (χ2v) is 11.6. The molecule has 0 fully saturated rings. The van der Waals surface area contributed by atoms with E-state index in [9.17, 15) is 13.2 Å². The van der Waals surface area contributed by atoms with E-state index in [1.165, 1.54) is 0 Å². The summed E-state index contributed by atoms with van der Waals surface area (Å²) in [6.45, 7) is 8.10. The number of sulfonamides is 1. The molecule has 7 heteroatoms. The molecule has 1 N–H and O–H groups in total. The Hall–Kier alpha value is -3.32. The smallest absolute Gasteiger partial charge is 0.261 e. The lowest BCUT2D eigenvalue weighted by atomic mass is 9.92. The molecule has 3 rings (SSSR count). The van der Waals surface area contributed by atoms with Gasteiger partial charge in [-0.15, -0.1) is 0 Å². The van der Waals surface area contributed by atoms with Crippen LogP contribution < -0.4 is 9.62 Å². The van der Waals surface area contributed by atoms with Gasteiger partial charge in [-0.25, -0.2) is 8.42 Å². The number of hydrogen-bond acceptors (Lipinski definition) is 4. The summed E-state index contributed by atoms with van der Waals surface area (Å²) in [6, 6.07) is 23.5. The SMILES string of the molecule is CC(c1ccccc1)N(Cc1cc(NS(=O)(=O)c2ccccc2)ccc1N(C)C)C(=O)C(C)(C)C. The highest BCUT2D eigenvalue weighted by molar-refractivity contribution is 7.92. The third-order valence-corrected chi connectivity index (χ3v) is 7.26. The van der Waals surface area contributed by atoms with Gasteiger partial charge in [-0.05, 0) is 48.4 Å². The predicted molar refractivity (Wildman–Crippen MR) is 143 cm³/mol. The minimum Gasteiger partial charge on any atom is -0.377 e. The number of hydrogen-bond donors (Lipinski definition) is 1. The largest absolute Gasteiger partial charge is 0.377 e. The summed E-state index contributed by atoms with van der Waals surface area (Å²) in [4.78, 5) is 17.6. The van der Waals surface area contributed by atoms with Crippen molar-refractivity contribution >= 4 is 27.3 Å². The van der Waals surface area contributed by atoms with Crippen molar-refractivity contribution < 1.29 is 13.2 Å². The van der Waals surface area contributed by atoms with E-state index in [1.54, 1.807) is 36.4 Å². The summed E-state index contributed by atoms with van der Waals surface area (Å²) in [5.41, 5.74) is 2.68. The Labute approximate surface area is 209 Å². The van der Waals surface area contributed by atoms with Gasteiger partial charge in [0, 0.05) is 37.4 Å². The van der Waals surface area contributed by atoms with Gasteiger partial charge in [-0.1, -0.05) is 69.3 Å². The fraction of sp³-hybridized carbons (Fsp3) is 0.321. The first kappa shape index (κ1) is 26.3. The van der Waals surface area contributed by atoms with Crippen molar-refractivity contribution in [3.05, 3.63) is 90.0 Å². The normalized spacial score (nSPS) is 12.6. The lowest BCUT2D eigenvalue weighted by molar-refractivity contribution is -0.142. The van der Waals surface area contributed by atoms with Gasteiger partial charge in [0.05, 0.1) is 10.9 Å². The van der Waals surface area contributed by atoms with Crippen molar-refractivity contribution in [1.82, 2.24) is 4.90 Å². The lowest BCUT2D eigenvalue weighted by Crippen LogP contribution is -2.40. The van der Waals surface area contributed by atoms with E-state index in [0.717, 1.165) is 16.8 Å². The van der Waals surface area contributed by atoms with Crippen LogP contribution in [0, 0.1) is 5.41 Å². The van der Waals surface area contributed by atoms with E-state index in [4.69, 9.17) is 0 Å². The molecule has 0 radical (unpaired) electrons. The highest BCUT2D eigenvalue weighted by atomic mass is 32.2. The molecule has 1 unspecified atom stereocenters. The number of rotatable bonds is 8. The average Bonchev–Trinajstić information content (AvgIpc) is 2.82. The molecule has 0 aliphatic rings. The lowest BCUT2D eigenvalue weighted by Gasteiger charge is -2.35. The van der Waals surface area contributed by atoms with E-state index < -0.39 is 15.4 Å². The molecule has 0 aliphatic carbocycles. The van der Waals surface area contributed by atoms with Crippen LogP contribution in [0.1, 0.15) is 44.9 Å². The van der Waals surface area contributed by atoms with Gasteiger partial charge in [0.25, 0.3) is 10.0 Å². The summed E-state index contributed by atoms with van der Waals surface area (Å²) >= 11 is 0. The van der Waals surface area contributed by atoms with Crippen LogP contribution in [0.2, 0.25) is 0 Å². The Kier molecular flexibility index (Phi) is 7.90. The van der Waals surface area contributed by atoms with E-state index in [1.807, 2.05) is 94.1 Å². The van der Waals surface area contributed by atoms with Crippen molar-refractivity contribution in [3.63, 3.8) is 0 Å². The minimum atomic E-state index is -3.73. The van der Waals surface area contributed by atoms with Crippen LogP contribution in [0.15, 0.2) is 83.8 Å². The topological polar surface area (TPSA) is 69.7 Å². The molecule has 3 aromatic rings. The van der Waals surface area contributed by atoms with Crippen LogP contribution in [-0.4, -0.2) is 33.3 Å². The van der Waals surface area contributed by atoms with Gasteiger partial charge >= 0.3 is 0 Å². The molecule has 0 bridgehead atoms. The van der Waals surface area contributed by atoms with E-state index in [2.05, 4.69) is 4.72 Å². The van der Waals surface area contributed by atoms with Crippen molar-refractivity contribution in [2.75, 3.05) is 23.7 Å². The molecule has 0 aromatic heterocycles. The maximum Gasteiger partial charge on any atom is 0.261 e. The summed E-state index contributed by atoms with van der Waals surface area (Å²) in [7, 11) is 0.133. The Bertz CT molecular complexity index is 1250. The van der Waals surface area contributed by atoms with Crippen molar-refractivity contribution in [1.29, 1.82) is 0 Å². The van der Waals surface area contributed by atoms with Crippen LogP contribution in [0.25, 0.3) is 0 Å². The van der Waals surface area contributed by atoms with Crippen LogP contribution in [0.4, 0.5) is 11.4 Å². The summed E-state index contributed by atoms with van der Waals surface area (Å²) < 4.78 is 28.5. The monoisotopic (exact) mass is 493 g/mol. The molecule has 6 nitrogen and oxygen atoms in total. The Morgan fingerprint density at radius 2 is 1.49 bits per heavy atom. The quantitative estimate of drug-likeness (QED) is 0.438. The number of nitrogens with zero attached hydrogens (tertiary/aromatic N) is 2. The van der Waals surface area contributed by atoms with Crippen LogP contribution >= 0.6 is 0 Å². The summed E-state index contributed by atoms with van der Waals surface area (Å²) in [5, 5.41) is 0. The average molecular weight is 494 g/mol. The molecule has 3 aromatic carbocycles. The minimum absolute atomic E-state index is 0.0221. The molecule has 1 atom stereocenters. The molecular weight excluding hydrogens is 458 g/mol. The Morgan fingerprint density at radius 3 is 2.03 bits per heavy atom. The van der Waals surface area contributed by atoms with E-state index >= 15 is 0 Å². The summed E-state index contributed by atoms with van der Waals surface area (Å²) in [5.74, 6) is 0.0221. The maximum absolute atomic E-state index is 13.6. The van der Waals surface area contributed by atoms with Gasteiger partial charge in [0.1, 0.15) is 0 Å². The molecule has 0 saturated heterocycles. The zero-order chi connectivity index (χ0) is 25.8. The van der Waals surface area contributed by atoms with Gasteiger partial charge < -0.3 is 9.80 Å². The fourth-order valence-electron chi connectivity index (χ4n) is 3.94. The number of carbonyl (C=O) groups excluding carboxylic acids is 1. The number of anilines is 2. The Balaban J connectivity index is 2.02.